The number of hydrogen-bond acceptors (Lipinski definition) is 4. The molecule has 2 fully saturated rings. The van der Waals surface area contributed by atoms with E-state index in [1.165, 1.54) is 6.42 Å². The molecule has 0 aromatic heterocycles. The van der Waals surface area contributed by atoms with Crippen molar-refractivity contribution in [2.45, 2.75) is 19.3 Å². The summed E-state index contributed by atoms with van der Waals surface area (Å²) in [5.41, 5.74) is 5.40. The summed E-state index contributed by atoms with van der Waals surface area (Å²) in [5, 5.41) is 2.90. The fourth-order valence-corrected chi connectivity index (χ4v) is 2.87. The molecule has 0 saturated carbocycles. The molecule has 5 nitrogen and oxygen atoms in total. The van der Waals surface area contributed by atoms with Gasteiger partial charge in [0.15, 0.2) is 0 Å². The van der Waals surface area contributed by atoms with Gasteiger partial charge >= 0.3 is 0 Å². The Kier molecular flexibility index (Phi) is 7.68. The number of nitrogens with one attached hydrogen (secondary N) is 1. The molecule has 2 aliphatic rings. The number of piperidine rings is 1. The molecule has 1 amide bonds. The van der Waals surface area contributed by atoms with Gasteiger partial charge in [0, 0.05) is 32.8 Å². The lowest BCUT2D eigenvalue weighted by atomic mass is 9.96. The van der Waals surface area contributed by atoms with Gasteiger partial charge < -0.3 is 20.7 Å². The van der Waals surface area contributed by atoms with Crippen LogP contribution in [0.25, 0.3) is 0 Å². The van der Waals surface area contributed by atoms with Crippen molar-refractivity contribution in [1.82, 2.24) is 10.2 Å². The molecule has 6 heteroatoms. The van der Waals surface area contributed by atoms with E-state index in [-0.39, 0.29) is 24.2 Å². The molecule has 0 radical (unpaired) electrons. The van der Waals surface area contributed by atoms with Crippen molar-refractivity contribution in [3.8, 4) is 0 Å². The molecule has 112 valence electrons. The van der Waals surface area contributed by atoms with Crippen molar-refractivity contribution in [3.05, 3.63) is 0 Å². The summed E-state index contributed by atoms with van der Waals surface area (Å²) in [6.07, 6.45) is 3.29. The molecule has 0 aliphatic carbocycles. The average molecular weight is 292 g/mol. The van der Waals surface area contributed by atoms with E-state index in [0.29, 0.717) is 19.0 Å². The number of nitrogens with zero attached hydrogens (tertiary/aromatic N) is 1. The van der Waals surface area contributed by atoms with Crippen LogP contribution in [0.4, 0.5) is 0 Å². The Labute approximate surface area is 121 Å². The van der Waals surface area contributed by atoms with E-state index in [9.17, 15) is 4.79 Å². The second-order valence-corrected chi connectivity index (χ2v) is 5.41. The molecule has 2 aliphatic heterocycles. The number of nitrogens with two attached hydrogens (primary N) is 1. The van der Waals surface area contributed by atoms with Crippen LogP contribution in [0.1, 0.15) is 19.3 Å². The quantitative estimate of drug-likeness (QED) is 0.761. The Hall–Kier alpha value is -0.360. The highest BCUT2D eigenvalue weighted by Crippen LogP contribution is 2.20. The van der Waals surface area contributed by atoms with Crippen LogP contribution in [-0.2, 0) is 9.53 Å². The topological polar surface area (TPSA) is 67.6 Å². The predicted octanol–water partition coefficient (Wildman–Crippen LogP) is 0.232. The van der Waals surface area contributed by atoms with E-state index in [0.717, 1.165) is 45.7 Å². The molecule has 0 aromatic carbocycles. The molecule has 0 aromatic rings. The summed E-state index contributed by atoms with van der Waals surface area (Å²) in [7, 11) is 0. The highest BCUT2D eigenvalue weighted by Gasteiger charge is 2.27. The maximum absolute atomic E-state index is 11.9. The highest BCUT2D eigenvalue weighted by molar-refractivity contribution is 5.85. The van der Waals surface area contributed by atoms with E-state index in [2.05, 4.69) is 10.2 Å². The average Bonchev–Trinajstić information content (AvgIpc) is 2.89. The number of rotatable bonds is 5. The fourth-order valence-electron chi connectivity index (χ4n) is 2.87. The normalized spacial score (nSPS) is 27.8. The summed E-state index contributed by atoms with van der Waals surface area (Å²) in [4.78, 5) is 14.3. The van der Waals surface area contributed by atoms with Gasteiger partial charge in [0.25, 0.3) is 0 Å². The van der Waals surface area contributed by atoms with E-state index in [4.69, 9.17) is 10.5 Å². The van der Waals surface area contributed by atoms with Crippen molar-refractivity contribution in [2.75, 3.05) is 45.9 Å². The van der Waals surface area contributed by atoms with Gasteiger partial charge in [-0.2, -0.15) is 0 Å². The van der Waals surface area contributed by atoms with Crippen LogP contribution in [0.2, 0.25) is 0 Å². The molecule has 2 heterocycles. The van der Waals surface area contributed by atoms with Crippen LogP contribution in [0.15, 0.2) is 0 Å². The van der Waals surface area contributed by atoms with Crippen LogP contribution in [-0.4, -0.2) is 56.7 Å². The zero-order valence-electron chi connectivity index (χ0n) is 11.5. The Balaban J connectivity index is 0.00000180. The summed E-state index contributed by atoms with van der Waals surface area (Å²) in [6.45, 7) is 6.00. The minimum Gasteiger partial charge on any atom is -0.381 e. The summed E-state index contributed by atoms with van der Waals surface area (Å²) < 4.78 is 5.41. The second-order valence-electron chi connectivity index (χ2n) is 5.41. The van der Waals surface area contributed by atoms with Crippen molar-refractivity contribution in [2.24, 2.45) is 17.6 Å². The zero-order valence-corrected chi connectivity index (χ0v) is 12.3. The highest BCUT2D eigenvalue weighted by atomic mass is 35.5. The summed E-state index contributed by atoms with van der Waals surface area (Å²) in [5.74, 6) is 0.983. The molecular formula is C13H26ClN3O2. The van der Waals surface area contributed by atoms with Gasteiger partial charge in [0.2, 0.25) is 5.91 Å². The molecule has 2 rings (SSSR count). The van der Waals surface area contributed by atoms with Crippen LogP contribution in [0.5, 0.6) is 0 Å². The smallest absolute Gasteiger partial charge is 0.224 e. The van der Waals surface area contributed by atoms with Crippen LogP contribution in [0, 0.1) is 11.8 Å². The first kappa shape index (κ1) is 16.7. The van der Waals surface area contributed by atoms with Crippen molar-refractivity contribution < 1.29 is 9.53 Å². The Bertz CT molecular complexity index is 273. The maximum atomic E-state index is 11.9. The van der Waals surface area contributed by atoms with Gasteiger partial charge in [-0.3, -0.25) is 4.79 Å². The lowest BCUT2D eigenvalue weighted by molar-refractivity contribution is -0.126. The van der Waals surface area contributed by atoms with Crippen LogP contribution < -0.4 is 11.1 Å². The van der Waals surface area contributed by atoms with Gasteiger partial charge in [-0.1, -0.05) is 0 Å². The Morgan fingerprint density at radius 1 is 1.42 bits per heavy atom. The monoisotopic (exact) mass is 291 g/mol. The van der Waals surface area contributed by atoms with E-state index >= 15 is 0 Å². The number of carbonyl (C=O) groups excluding carboxylic acids is 1. The summed E-state index contributed by atoms with van der Waals surface area (Å²) >= 11 is 0. The minimum absolute atomic E-state index is 0. The maximum Gasteiger partial charge on any atom is 0.224 e. The van der Waals surface area contributed by atoms with Crippen LogP contribution >= 0.6 is 12.4 Å². The first-order valence-electron chi connectivity index (χ1n) is 7.07. The Morgan fingerprint density at radius 3 is 2.95 bits per heavy atom. The number of carbonyl (C=O) groups is 1. The van der Waals surface area contributed by atoms with Gasteiger partial charge in [-0.05, 0) is 31.7 Å². The minimum atomic E-state index is 0. The Morgan fingerprint density at radius 2 is 2.26 bits per heavy atom. The molecule has 0 bridgehead atoms. The standard InChI is InChI=1S/C13H25N3O2.ClH/c14-4-5-15-13(17)12-2-1-6-16(9-12)8-11-3-7-18-10-11;/h11-12H,1-10,14H2,(H,15,17);1H. The summed E-state index contributed by atoms with van der Waals surface area (Å²) in [6, 6.07) is 0. The zero-order chi connectivity index (χ0) is 12.8. The van der Waals surface area contributed by atoms with E-state index in [1.807, 2.05) is 0 Å². The van der Waals surface area contributed by atoms with Gasteiger partial charge in [-0.25, -0.2) is 0 Å². The largest absolute Gasteiger partial charge is 0.381 e. The van der Waals surface area contributed by atoms with Gasteiger partial charge in [-0.15, -0.1) is 12.4 Å². The third-order valence-corrected chi connectivity index (χ3v) is 3.86. The van der Waals surface area contributed by atoms with Gasteiger partial charge in [0.05, 0.1) is 12.5 Å². The van der Waals surface area contributed by atoms with Crippen molar-refractivity contribution >= 4 is 18.3 Å². The molecule has 0 spiro atoms. The number of likely N-dealkylation sites (tertiary alicyclic amines) is 1. The van der Waals surface area contributed by atoms with Crippen molar-refractivity contribution in [3.63, 3.8) is 0 Å². The van der Waals surface area contributed by atoms with Gasteiger partial charge in [0.1, 0.15) is 0 Å². The first-order valence-corrected chi connectivity index (χ1v) is 7.07. The number of amides is 1. The first-order chi connectivity index (χ1) is 8.79. The molecule has 3 N–H and O–H groups in total. The number of halogens is 1. The molecule has 2 atom stereocenters. The molecule has 2 unspecified atom stereocenters. The molecule has 19 heavy (non-hydrogen) atoms. The molecular weight excluding hydrogens is 266 g/mol. The SMILES string of the molecule is Cl.NCCNC(=O)C1CCCN(CC2CCOC2)C1. The van der Waals surface area contributed by atoms with Crippen molar-refractivity contribution in [1.29, 1.82) is 0 Å². The third-order valence-electron chi connectivity index (χ3n) is 3.86. The lowest BCUT2D eigenvalue weighted by Crippen LogP contribution is -2.45. The number of hydrogen-bond donors (Lipinski definition) is 2. The fraction of sp³-hybridized carbons (Fsp3) is 0.923. The molecule has 2 saturated heterocycles. The predicted molar refractivity (Wildman–Crippen MR) is 77.4 cm³/mol. The lowest BCUT2D eigenvalue weighted by Gasteiger charge is -2.33. The van der Waals surface area contributed by atoms with Crippen LogP contribution in [0.3, 0.4) is 0 Å². The second kappa shape index (κ2) is 8.74. The number of ether oxygens (including phenoxy) is 1. The third kappa shape index (κ3) is 5.26. The van der Waals surface area contributed by atoms with E-state index in [1.54, 1.807) is 0 Å². The van der Waals surface area contributed by atoms with E-state index < -0.39 is 0 Å².